The first-order valence-corrected chi connectivity index (χ1v) is 8.69. The molecule has 1 rings (SSSR count). The molecule has 0 saturated carbocycles. The minimum atomic E-state index is -3.15. The summed E-state index contributed by atoms with van der Waals surface area (Å²) < 4.78 is 22.9. The smallest absolute Gasteiger partial charge is 0.323 e. The number of rotatable bonds is 7. The normalized spacial score (nSPS) is 15.4. The Morgan fingerprint density at radius 1 is 1.30 bits per heavy atom. The van der Waals surface area contributed by atoms with Crippen molar-refractivity contribution in [2.45, 2.75) is 26.8 Å². The van der Waals surface area contributed by atoms with Gasteiger partial charge in [0.15, 0.2) is 0 Å². The molecule has 0 bridgehead atoms. The summed E-state index contributed by atoms with van der Waals surface area (Å²) in [7, 11) is -3.15. The number of hydrogen-bond donors (Lipinski definition) is 1. The Balaban J connectivity index is 2.76. The van der Waals surface area contributed by atoms with Crippen LogP contribution in [0.15, 0.2) is 30.3 Å². The Morgan fingerprint density at radius 3 is 2.40 bits per heavy atom. The van der Waals surface area contributed by atoms with Crippen LogP contribution in [0.3, 0.4) is 0 Å². The molecule has 2 atom stereocenters. The van der Waals surface area contributed by atoms with Gasteiger partial charge in [0.1, 0.15) is 11.8 Å². The van der Waals surface area contributed by atoms with Crippen LogP contribution in [-0.2, 0) is 14.1 Å². The van der Waals surface area contributed by atoms with Crippen molar-refractivity contribution in [1.29, 1.82) is 0 Å². The average molecular weight is 299 g/mol. The summed E-state index contributed by atoms with van der Waals surface area (Å²) in [5.41, 5.74) is 0. The minimum absolute atomic E-state index is 0.0540. The first-order chi connectivity index (χ1) is 9.35. The average Bonchev–Trinajstić information content (AvgIpc) is 2.36. The molecule has 5 nitrogen and oxygen atoms in total. The number of esters is 1. The van der Waals surface area contributed by atoms with Crippen molar-refractivity contribution < 1.29 is 18.6 Å². The Morgan fingerprint density at radius 2 is 1.90 bits per heavy atom. The molecular weight excluding hydrogens is 277 g/mol. The molecular formula is C14H22NO4P. The maximum absolute atomic E-state index is 12.5. The fraction of sp³-hybridized carbons (Fsp3) is 0.500. The molecule has 1 unspecified atom stereocenters. The summed E-state index contributed by atoms with van der Waals surface area (Å²) in [6, 6.07) is 8.20. The first-order valence-electron chi connectivity index (χ1n) is 6.62. The van der Waals surface area contributed by atoms with Crippen LogP contribution in [0.4, 0.5) is 0 Å². The lowest BCUT2D eigenvalue weighted by Gasteiger charge is -2.25. The number of hydrogen-bond acceptors (Lipinski definition) is 4. The van der Waals surface area contributed by atoms with Gasteiger partial charge in [0.25, 0.3) is 0 Å². The first kappa shape index (κ1) is 16.7. The lowest BCUT2D eigenvalue weighted by atomic mass is 10.1. The van der Waals surface area contributed by atoms with Crippen molar-refractivity contribution in [2.75, 3.05) is 13.3 Å². The number of carbonyl (C=O) groups is 1. The summed E-state index contributed by atoms with van der Waals surface area (Å²) in [6.45, 7) is 7.20. The number of para-hydroxylation sites is 1. The summed E-state index contributed by atoms with van der Waals surface area (Å²) in [5.74, 6) is 0.0279. The highest BCUT2D eigenvalue weighted by Crippen LogP contribution is 2.40. The van der Waals surface area contributed by atoms with Crippen LogP contribution in [0.25, 0.3) is 0 Å². The fourth-order valence-electron chi connectivity index (χ4n) is 1.67. The van der Waals surface area contributed by atoms with Gasteiger partial charge in [-0.05, 0) is 25.0 Å². The fourth-order valence-corrected chi connectivity index (χ4v) is 3.15. The SMILES string of the molecule is CCOC(=O)[C@@H](NP(C)(=O)Oc1ccccc1)C(C)C. The van der Waals surface area contributed by atoms with Gasteiger partial charge < -0.3 is 9.26 Å². The quantitative estimate of drug-likeness (QED) is 0.619. The number of carbonyl (C=O) groups excluding carboxylic acids is 1. The van der Waals surface area contributed by atoms with E-state index in [4.69, 9.17) is 9.26 Å². The largest absolute Gasteiger partial charge is 0.465 e. The van der Waals surface area contributed by atoms with Crippen LogP contribution in [-0.4, -0.2) is 25.3 Å². The molecule has 0 amide bonds. The Hall–Kier alpha value is -1.32. The van der Waals surface area contributed by atoms with Gasteiger partial charge in [0, 0.05) is 6.66 Å². The molecule has 0 fully saturated rings. The van der Waals surface area contributed by atoms with Crippen molar-refractivity contribution in [3.05, 3.63) is 30.3 Å². The molecule has 0 aliphatic heterocycles. The lowest BCUT2D eigenvalue weighted by molar-refractivity contribution is -0.146. The third-order valence-corrected chi connectivity index (χ3v) is 3.91. The molecule has 112 valence electrons. The second-order valence-electron chi connectivity index (χ2n) is 4.85. The van der Waals surface area contributed by atoms with E-state index in [2.05, 4.69) is 5.09 Å². The van der Waals surface area contributed by atoms with Crippen LogP contribution < -0.4 is 9.61 Å². The Labute approximate surface area is 120 Å². The molecule has 1 N–H and O–H groups in total. The maximum atomic E-state index is 12.5. The van der Waals surface area contributed by atoms with Crippen LogP contribution in [0.5, 0.6) is 5.75 Å². The molecule has 0 radical (unpaired) electrons. The van der Waals surface area contributed by atoms with Crippen molar-refractivity contribution in [2.24, 2.45) is 5.92 Å². The maximum Gasteiger partial charge on any atom is 0.323 e. The van der Waals surface area contributed by atoms with E-state index < -0.39 is 19.5 Å². The molecule has 0 aliphatic carbocycles. The highest BCUT2D eigenvalue weighted by molar-refractivity contribution is 7.56. The topological polar surface area (TPSA) is 64.6 Å². The summed E-state index contributed by atoms with van der Waals surface area (Å²) in [6.07, 6.45) is 0. The molecule has 0 aliphatic rings. The lowest BCUT2D eigenvalue weighted by Crippen LogP contribution is -2.41. The van der Waals surface area contributed by atoms with E-state index in [1.165, 1.54) is 6.66 Å². The van der Waals surface area contributed by atoms with Crippen LogP contribution in [0, 0.1) is 5.92 Å². The van der Waals surface area contributed by atoms with Gasteiger partial charge in [-0.25, -0.2) is 5.09 Å². The molecule has 1 aromatic rings. The van der Waals surface area contributed by atoms with Gasteiger partial charge in [-0.3, -0.25) is 9.36 Å². The van der Waals surface area contributed by atoms with E-state index in [1.807, 2.05) is 19.9 Å². The van der Waals surface area contributed by atoms with Gasteiger partial charge in [0.05, 0.1) is 6.61 Å². The van der Waals surface area contributed by atoms with Crippen LogP contribution in [0.1, 0.15) is 20.8 Å². The van der Waals surface area contributed by atoms with Crippen molar-refractivity contribution >= 4 is 13.5 Å². The second kappa shape index (κ2) is 7.46. The third-order valence-electron chi connectivity index (χ3n) is 2.60. The predicted octanol–water partition coefficient (Wildman–Crippen LogP) is 3.07. The zero-order valence-corrected chi connectivity index (χ0v) is 13.2. The van der Waals surface area contributed by atoms with E-state index in [-0.39, 0.29) is 12.5 Å². The second-order valence-corrected chi connectivity index (χ2v) is 6.99. The van der Waals surface area contributed by atoms with Gasteiger partial charge in [-0.1, -0.05) is 32.0 Å². The van der Waals surface area contributed by atoms with Gasteiger partial charge in [0.2, 0.25) is 0 Å². The Bertz CT molecular complexity index is 475. The molecule has 0 heterocycles. The van der Waals surface area contributed by atoms with Crippen molar-refractivity contribution in [1.82, 2.24) is 5.09 Å². The van der Waals surface area contributed by atoms with E-state index in [1.54, 1.807) is 31.2 Å². The third kappa shape index (κ3) is 5.35. The summed E-state index contributed by atoms with van der Waals surface area (Å²) in [5, 5.41) is 2.78. The highest BCUT2D eigenvalue weighted by Gasteiger charge is 2.30. The zero-order chi connectivity index (χ0) is 15.2. The minimum Gasteiger partial charge on any atom is -0.465 e. The van der Waals surface area contributed by atoms with Crippen molar-refractivity contribution in [3.8, 4) is 5.75 Å². The summed E-state index contributed by atoms with van der Waals surface area (Å²) in [4.78, 5) is 11.9. The van der Waals surface area contributed by atoms with Gasteiger partial charge >= 0.3 is 13.5 Å². The molecule has 1 aromatic carbocycles. The van der Waals surface area contributed by atoms with Crippen molar-refractivity contribution in [3.63, 3.8) is 0 Å². The molecule has 0 spiro atoms. The predicted molar refractivity (Wildman–Crippen MR) is 79.0 cm³/mol. The number of nitrogens with one attached hydrogen (secondary N) is 1. The molecule has 6 heteroatoms. The summed E-state index contributed by atoms with van der Waals surface area (Å²) >= 11 is 0. The Kier molecular flexibility index (Phi) is 6.24. The van der Waals surface area contributed by atoms with E-state index >= 15 is 0 Å². The number of benzene rings is 1. The number of ether oxygens (including phenoxy) is 1. The highest BCUT2D eigenvalue weighted by atomic mass is 31.2. The van der Waals surface area contributed by atoms with E-state index in [0.717, 1.165) is 0 Å². The molecule has 20 heavy (non-hydrogen) atoms. The van der Waals surface area contributed by atoms with Gasteiger partial charge in [-0.15, -0.1) is 0 Å². The standard InChI is InChI=1S/C14H22NO4P/c1-5-18-14(16)13(11(2)3)15-20(4,17)19-12-9-7-6-8-10-12/h6-11,13H,5H2,1-4H3,(H,15,17)/t13-,20?/m0/s1. The van der Waals surface area contributed by atoms with Crippen LogP contribution >= 0.6 is 7.52 Å². The van der Waals surface area contributed by atoms with Gasteiger partial charge in [-0.2, -0.15) is 0 Å². The zero-order valence-electron chi connectivity index (χ0n) is 12.3. The van der Waals surface area contributed by atoms with Crippen LogP contribution in [0.2, 0.25) is 0 Å². The van der Waals surface area contributed by atoms with E-state index in [9.17, 15) is 9.36 Å². The van der Waals surface area contributed by atoms with E-state index in [0.29, 0.717) is 5.75 Å². The monoisotopic (exact) mass is 299 g/mol. The molecule has 0 aromatic heterocycles. The molecule has 0 saturated heterocycles.